The number of ketones is 1. The molecule has 1 aromatic rings. The lowest BCUT2D eigenvalue weighted by molar-refractivity contribution is -0.162. The summed E-state index contributed by atoms with van der Waals surface area (Å²) in [5.74, 6) is 3.15. The monoisotopic (exact) mass is 427 g/mol. The molecule has 4 heteroatoms. The van der Waals surface area contributed by atoms with Gasteiger partial charge in [0.25, 0.3) is 0 Å². The van der Waals surface area contributed by atoms with E-state index in [4.69, 9.17) is 0 Å². The molecule has 0 spiro atoms. The molecule has 8 atom stereocenters. The number of nitrogens with zero attached hydrogens (tertiary/aromatic N) is 1. The summed E-state index contributed by atoms with van der Waals surface area (Å²) in [6.07, 6.45) is 14.8. The van der Waals surface area contributed by atoms with Crippen LogP contribution in [0.1, 0.15) is 78.1 Å². The van der Waals surface area contributed by atoms with E-state index in [1.807, 2.05) is 36.0 Å². The average molecular weight is 428 g/mol. The van der Waals surface area contributed by atoms with Gasteiger partial charge in [0, 0.05) is 24.9 Å². The number of hydrogen-bond acceptors (Lipinski definition) is 3. The molecule has 2 N–H and O–H groups in total. The molecule has 4 saturated carbocycles. The number of carbonyl (C=O) groups is 1. The van der Waals surface area contributed by atoms with Crippen LogP contribution in [-0.2, 0) is 11.3 Å². The van der Waals surface area contributed by atoms with Crippen LogP contribution in [0.5, 0.6) is 0 Å². The summed E-state index contributed by atoms with van der Waals surface area (Å²) < 4.78 is 2.03. The summed E-state index contributed by atoms with van der Waals surface area (Å²) in [5.41, 5.74) is -0.198. The van der Waals surface area contributed by atoms with E-state index in [0.29, 0.717) is 36.0 Å². The zero-order valence-electron chi connectivity index (χ0n) is 19.4. The Morgan fingerprint density at radius 2 is 1.77 bits per heavy atom. The molecule has 1 aromatic heterocycles. The van der Waals surface area contributed by atoms with Crippen molar-refractivity contribution < 1.29 is 15.0 Å². The molecule has 0 radical (unpaired) electrons. The highest BCUT2D eigenvalue weighted by Gasteiger charge is 2.62. The SMILES string of the molecule is C[C@@]1(O)CC[C@@]2(CCO)[C@@H](CC[C@H]3[C@@H]4CC[C@H](C(=O)Cn5cccc5)[C@@]4(C)CC[C@@H]32)C1. The van der Waals surface area contributed by atoms with Crippen molar-refractivity contribution in [1.29, 1.82) is 0 Å². The van der Waals surface area contributed by atoms with Gasteiger partial charge >= 0.3 is 0 Å². The number of aliphatic hydroxyl groups is 2. The molecule has 0 bridgehead atoms. The number of aromatic nitrogens is 1. The minimum atomic E-state index is -0.539. The first-order chi connectivity index (χ1) is 14.8. The van der Waals surface area contributed by atoms with E-state index in [9.17, 15) is 15.0 Å². The quantitative estimate of drug-likeness (QED) is 0.707. The Labute approximate surface area is 187 Å². The van der Waals surface area contributed by atoms with Gasteiger partial charge in [0.2, 0.25) is 0 Å². The van der Waals surface area contributed by atoms with E-state index in [1.165, 1.54) is 25.7 Å². The third-order valence-corrected chi connectivity index (χ3v) is 10.6. The predicted octanol–water partition coefficient (Wildman–Crippen LogP) is 4.83. The Morgan fingerprint density at radius 3 is 2.52 bits per heavy atom. The minimum absolute atomic E-state index is 0.138. The molecule has 172 valence electrons. The molecule has 0 saturated heterocycles. The van der Waals surface area contributed by atoms with Crippen molar-refractivity contribution in [3.8, 4) is 0 Å². The van der Waals surface area contributed by atoms with Crippen LogP contribution in [0.25, 0.3) is 0 Å². The van der Waals surface area contributed by atoms with E-state index in [1.54, 1.807) is 0 Å². The highest BCUT2D eigenvalue weighted by Crippen LogP contribution is 2.69. The summed E-state index contributed by atoms with van der Waals surface area (Å²) >= 11 is 0. The molecule has 0 aliphatic heterocycles. The maximum atomic E-state index is 13.3. The maximum Gasteiger partial charge on any atom is 0.156 e. The van der Waals surface area contributed by atoms with Crippen molar-refractivity contribution in [2.24, 2.45) is 40.4 Å². The topological polar surface area (TPSA) is 62.5 Å². The van der Waals surface area contributed by atoms with Gasteiger partial charge in [-0.25, -0.2) is 0 Å². The molecule has 0 unspecified atom stereocenters. The molecule has 4 nitrogen and oxygen atoms in total. The van der Waals surface area contributed by atoms with E-state index >= 15 is 0 Å². The highest BCUT2D eigenvalue weighted by molar-refractivity contribution is 5.82. The Morgan fingerprint density at radius 1 is 1.00 bits per heavy atom. The molecule has 4 aliphatic rings. The molecule has 4 fully saturated rings. The fraction of sp³-hybridized carbons (Fsp3) is 0.815. The third-order valence-electron chi connectivity index (χ3n) is 10.6. The minimum Gasteiger partial charge on any atom is -0.396 e. The number of hydrogen-bond donors (Lipinski definition) is 2. The second-order valence-corrected chi connectivity index (χ2v) is 12.1. The fourth-order valence-corrected chi connectivity index (χ4v) is 9.23. The highest BCUT2D eigenvalue weighted by atomic mass is 16.3. The van der Waals surface area contributed by atoms with Crippen molar-refractivity contribution in [1.82, 2.24) is 4.57 Å². The van der Waals surface area contributed by atoms with Gasteiger partial charge in [-0.1, -0.05) is 6.92 Å². The maximum absolute atomic E-state index is 13.3. The van der Waals surface area contributed by atoms with Crippen molar-refractivity contribution >= 4 is 5.78 Å². The molecular formula is C27H41NO3. The van der Waals surface area contributed by atoms with Crippen LogP contribution in [0.4, 0.5) is 0 Å². The fourth-order valence-electron chi connectivity index (χ4n) is 9.23. The van der Waals surface area contributed by atoms with E-state index < -0.39 is 5.60 Å². The Kier molecular flexibility index (Phi) is 5.41. The first kappa shape index (κ1) is 21.7. The standard InChI is InChI=1S/C27H41NO3/c1-25(31)11-12-27(13-16-29)19(17-25)5-6-20-21-7-8-23(26(21,2)10-9-22(20)27)24(30)18-28-14-3-4-15-28/h3-4,14-15,19-23,29,31H,5-13,16-18H2,1-2H3/t19-,20-,21-,22-,23+,25+,26-,27+/m0/s1. The lowest BCUT2D eigenvalue weighted by atomic mass is 9.42. The largest absolute Gasteiger partial charge is 0.396 e. The van der Waals surface area contributed by atoms with Crippen LogP contribution in [0.15, 0.2) is 24.5 Å². The lowest BCUT2D eigenvalue weighted by Crippen LogP contribution is -2.57. The molecule has 1 heterocycles. The van der Waals surface area contributed by atoms with Crippen LogP contribution in [0.3, 0.4) is 0 Å². The zero-order chi connectivity index (χ0) is 21.9. The lowest BCUT2D eigenvalue weighted by Gasteiger charge is -2.63. The number of aliphatic hydroxyl groups excluding tert-OH is 1. The van der Waals surface area contributed by atoms with Crippen LogP contribution in [-0.4, -0.2) is 32.8 Å². The molecule has 0 aromatic carbocycles. The molecular weight excluding hydrogens is 386 g/mol. The van der Waals surface area contributed by atoms with E-state index in [-0.39, 0.29) is 23.4 Å². The van der Waals surface area contributed by atoms with Crippen molar-refractivity contribution in [3.63, 3.8) is 0 Å². The van der Waals surface area contributed by atoms with Crippen molar-refractivity contribution in [3.05, 3.63) is 24.5 Å². The number of carbonyl (C=O) groups excluding carboxylic acids is 1. The zero-order valence-corrected chi connectivity index (χ0v) is 19.4. The van der Waals surface area contributed by atoms with E-state index in [2.05, 4.69) is 6.92 Å². The molecule has 4 aliphatic carbocycles. The normalized spacial score (nSPS) is 46.8. The Balaban J connectivity index is 1.38. The average Bonchev–Trinajstić information content (AvgIpc) is 3.35. The molecule has 0 amide bonds. The number of rotatable bonds is 5. The van der Waals surface area contributed by atoms with Crippen molar-refractivity contribution in [2.75, 3.05) is 6.61 Å². The summed E-state index contributed by atoms with van der Waals surface area (Å²) in [6.45, 7) is 5.22. The second-order valence-electron chi connectivity index (χ2n) is 12.1. The van der Waals surface area contributed by atoms with Crippen LogP contribution in [0.2, 0.25) is 0 Å². The van der Waals surface area contributed by atoms with Gasteiger partial charge in [-0.2, -0.15) is 0 Å². The molecule has 5 rings (SSSR count). The summed E-state index contributed by atoms with van der Waals surface area (Å²) in [5, 5.41) is 20.8. The Hall–Kier alpha value is -1.13. The number of Topliss-reactive ketones (excluding diaryl/α,β-unsaturated/α-hetero) is 1. The van der Waals surface area contributed by atoms with Gasteiger partial charge < -0.3 is 14.8 Å². The van der Waals surface area contributed by atoms with Gasteiger partial charge in [-0.15, -0.1) is 0 Å². The smallest absolute Gasteiger partial charge is 0.156 e. The second kappa shape index (κ2) is 7.73. The van der Waals surface area contributed by atoms with Crippen LogP contribution < -0.4 is 0 Å². The Bertz CT molecular complexity index is 801. The van der Waals surface area contributed by atoms with Gasteiger partial charge in [-0.3, -0.25) is 4.79 Å². The first-order valence-corrected chi connectivity index (χ1v) is 12.8. The van der Waals surface area contributed by atoms with Gasteiger partial charge in [-0.05, 0) is 118 Å². The molecule has 31 heavy (non-hydrogen) atoms. The van der Waals surface area contributed by atoms with Gasteiger partial charge in [0.05, 0.1) is 12.1 Å². The predicted molar refractivity (Wildman–Crippen MR) is 121 cm³/mol. The van der Waals surface area contributed by atoms with Crippen LogP contribution >= 0.6 is 0 Å². The third kappa shape index (κ3) is 3.44. The summed E-state index contributed by atoms with van der Waals surface area (Å²) in [6, 6.07) is 4.00. The first-order valence-electron chi connectivity index (χ1n) is 12.8. The van der Waals surface area contributed by atoms with Gasteiger partial charge in [0.15, 0.2) is 5.78 Å². The van der Waals surface area contributed by atoms with Gasteiger partial charge in [0.1, 0.15) is 0 Å². The van der Waals surface area contributed by atoms with Crippen LogP contribution in [0, 0.1) is 40.4 Å². The summed E-state index contributed by atoms with van der Waals surface area (Å²) in [4.78, 5) is 13.3. The van der Waals surface area contributed by atoms with Crippen molar-refractivity contribution in [2.45, 2.75) is 90.2 Å². The summed E-state index contributed by atoms with van der Waals surface area (Å²) in [7, 11) is 0. The number of fused-ring (bicyclic) bond motifs is 5. The van der Waals surface area contributed by atoms with E-state index in [0.717, 1.165) is 38.5 Å².